The molecule has 0 atom stereocenters. The molecule has 0 spiro atoms. The largest absolute Gasteiger partial charge is 0.496 e. The number of carbonyl (C=O) groups excluding carboxylic acids is 3. The minimum absolute atomic E-state index is 0.0648. The van der Waals surface area contributed by atoms with E-state index in [-0.39, 0.29) is 31.0 Å². The van der Waals surface area contributed by atoms with Crippen molar-refractivity contribution in [3.63, 3.8) is 0 Å². The van der Waals surface area contributed by atoms with Crippen LogP contribution in [0.5, 0.6) is 5.75 Å². The van der Waals surface area contributed by atoms with Gasteiger partial charge in [0.1, 0.15) is 18.0 Å². The normalized spacial score (nSPS) is 9.90. The Hall–Kier alpha value is -2.17. The molecule has 0 fully saturated rings. The molecule has 0 aliphatic carbocycles. The summed E-state index contributed by atoms with van der Waals surface area (Å²) in [6.45, 7) is 1.46. The van der Waals surface area contributed by atoms with Crippen molar-refractivity contribution in [2.75, 3.05) is 13.7 Å². The molecule has 0 aliphatic rings. The molecule has 20 heavy (non-hydrogen) atoms. The van der Waals surface area contributed by atoms with Crippen LogP contribution in [-0.4, -0.2) is 31.3 Å². The third kappa shape index (κ3) is 5.22. The molecule has 0 heterocycles. The third-order valence-electron chi connectivity index (χ3n) is 2.61. The summed E-state index contributed by atoms with van der Waals surface area (Å²) in [4.78, 5) is 33.8. The highest BCUT2D eigenvalue weighted by Gasteiger charge is 2.12. The van der Waals surface area contributed by atoms with E-state index in [4.69, 9.17) is 9.47 Å². The van der Waals surface area contributed by atoms with Crippen LogP contribution in [0.4, 0.5) is 0 Å². The van der Waals surface area contributed by atoms with E-state index < -0.39 is 5.97 Å². The van der Waals surface area contributed by atoms with Gasteiger partial charge in [-0.15, -0.1) is 0 Å². The Kier molecular flexibility index (Phi) is 6.43. The number of hydrogen-bond donors (Lipinski definition) is 0. The maximum Gasteiger partial charge on any atom is 0.313 e. The highest BCUT2D eigenvalue weighted by atomic mass is 16.5. The average Bonchev–Trinajstić information content (AvgIpc) is 2.42. The molecule has 0 bridgehead atoms. The second-order valence-corrected chi connectivity index (χ2v) is 4.33. The van der Waals surface area contributed by atoms with Crippen LogP contribution in [0.1, 0.15) is 36.5 Å². The van der Waals surface area contributed by atoms with Crippen molar-refractivity contribution in [3.05, 3.63) is 29.8 Å². The summed E-state index contributed by atoms with van der Waals surface area (Å²) in [5.74, 6) is -0.321. The van der Waals surface area contributed by atoms with Crippen molar-refractivity contribution >= 4 is 17.5 Å². The van der Waals surface area contributed by atoms with Gasteiger partial charge in [-0.1, -0.05) is 12.1 Å². The highest BCUT2D eigenvalue weighted by molar-refractivity contribution is 5.98. The minimum Gasteiger partial charge on any atom is -0.496 e. The van der Waals surface area contributed by atoms with Crippen LogP contribution in [0.3, 0.4) is 0 Å². The predicted octanol–water partition coefficient (Wildman–Crippen LogP) is 2.18. The van der Waals surface area contributed by atoms with E-state index in [1.54, 1.807) is 24.3 Å². The van der Waals surface area contributed by atoms with Gasteiger partial charge in [0.2, 0.25) is 0 Å². The lowest BCUT2D eigenvalue weighted by Crippen LogP contribution is -2.11. The molecule has 1 aromatic rings. The van der Waals surface area contributed by atoms with Crippen molar-refractivity contribution < 1.29 is 23.9 Å². The number of hydrogen-bond acceptors (Lipinski definition) is 5. The molecule has 0 unspecified atom stereocenters. The first-order valence-corrected chi connectivity index (χ1v) is 6.36. The Balaban J connectivity index is 2.37. The quantitative estimate of drug-likeness (QED) is 0.315. The van der Waals surface area contributed by atoms with Gasteiger partial charge in [-0.25, -0.2) is 0 Å². The van der Waals surface area contributed by atoms with Gasteiger partial charge in [0, 0.05) is 6.42 Å². The number of ether oxygens (including phenoxy) is 2. The van der Waals surface area contributed by atoms with Crippen LogP contribution in [-0.2, 0) is 14.3 Å². The van der Waals surface area contributed by atoms with E-state index in [1.165, 1.54) is 14.0 Å². The van der Waals surface area contributed by atoms with Crippen LogP contribution < -0.4 is 4.74 Å². The second-order valence-electron chi connectivity index (χ2n) is 4.33. The molecule has 5 nitrogen and oxygen atoms in total. The van der Waals surface area contributed by atoms with Gasteiger partial charge in [-0.3, -0.25) is 14.4 Å². The average molecular weight is 278 g/mol. The molecule has 0 aromatic heterocycles. The smallest absolute Gasteiger partial charge is 0.313 e. The minimum atomic E-state index is -0.553. The zero-order valence-electron chi connectivity index (χ0n) is 11.7. The Labute approximate surface area is 117 Å². The lowest BCUT2D eigenvalue weighted by atomic mass is 10.1. The number of ketones is 2. The van der Waals surface area contributed by atoms with Crippen molar-refractivity contribution in [1.82, 2.24) is 0 Å². The first kappa shape index (κ1) is 15.9. The Bertz CT molecular complexity index is 493. The first-order valence-electron chi connectivity index (χ1n) is 6.36. The van der Waals surface area contributed by atoms with Gasteiger partial charge in [0.25, 0.3) is 0 Å². The third-order valence-corrected chi connectivity index (χ3v) is 2.61. The monoisotopic (exact) mass is 278 g/mol. The van der Waals surface area contributed by atoms with E-state index >= 15 is 0 Å². The summed E-state index contributed by atoms with van der Waals surface area (Å²) in [6, 6.07) is 6.98. The van der Waals surface area contributed by atoms with Crippen LogP contribution in [0.2, 0.25) is 0 Å². The molecule has 108 valence electrons. The molecular formula is C15H18O5. The summed E-state index contributed by atoms with van der Waals surface area (Å²) in [5.41, 5.74) is 0.519. The number of Topliss-reactive ketones (excluding diaryl/α,β-unsaturated/α-hetero) is 2. The van der Waals surface area contributed by atoms with Gasteiger partial charge in [0.15, 0.2) is 5.78 Å². The molecule has 5 heteroatoms. The molecule has 1 rings (SSSR count). The lowest BCUT2D eigenvalue weighted by molar-refractivity contribution is -0.145. The van der Waals surface area contributed by atoms with Gasteiger partial charge < -0.3 is 9.47 Å². The number of rotatable bonds is 8. The van der Waals surface area contributed by atoms with E-state index in [2.05, 4.69) is 0 Å². The van der Waals surface area contributed by atoms with Crippen molar-refractivity contribution in [2.45, 2.75) is 26.2 Å². The van der Waals surface area contributed by atoms with Crippen LogP contribution in [0.25, 0.3) is 0 Å². The molecule has 0 saturated heterocycles. The van der Waals surface area contributed by atoms with E-state index in [1.807, 2.05) is 0 Å². The Morgan fingerprint density at radius 3 is 2.50 bits per heavy atom. The van der Waals surface area contributed by atoms with Crippen molar-refractivity contribution in [3.8, 4) is 5.75 Å². The molecule has 1 aromatic carbocycles. The lowest BCUT2D eigenvalue weighted by Gasteiger charge is -2.07. The number of methoxy groups -OCH3 is 1. The summed E-state index contributed by atoms with van der Waals surface area (Å²) < 4.78 is 9.96. The fraction of sp³-hybridized carbons (Fsp3) is 0.400. The summed E-state index contributed by atoms with van der Waals surface area (Å²) in [6.07, 6.45) is 0.453. The van der Waals surface area contributed by atoms with Gasteiger partial charge in [-0.05, 0) is 25.5 Å². The summed E-state index contributed by atoms with van der Waals surface area (Å²) in [5, 5.41) is 0. The molecule has 0 amide bonds. The topological polar surface area (TPSA) is 69.7 Å². The number of esters is 1. The maximum atomic E-state index is 12.0. The number of carbonyl (C=O) groups is 3. The number of para-hydroxylation sites is 1. The van der Waals surface area contributed by atoms with E-state index in [0.29, 0.717) is 17.7 Å². The van der Waals surface area contributed by atoms with Crippen LogP contribution in [0.15, 0.2) is 24.3 Å². The second kappa shape index (κ2) is 8.09. The number of benzene rings is 1. The van der Waals surface area contributed by atoms with Crippen molar-refractivity contribution in [2.24, 2.45) is 0 Å². The molecule has 0 aliphatic heterocycles. The summed E-state index contributed by atoms with van der Waals surface area (Å²) in [7, 11) is 1.51. The molecule has 0 radical (unpaired) electrons. The van der Waals surface area contributed by atoms with Crippen LogP contribution >= 0.6 is 0 Å². The SMILES string of the molecule is COc1ccccc1C(=O)CCCOC(=O)CC(C)=O. The van der Waals surface area contributed by atoms with E-state index in [9.17, 15) is 14.4 Å². The van der Waals surface area contributed by atoms with E-state index in [0.717, 1.165) is 0 Å². The predicted molar refractivity (Wildman–Crippen MR) is 72.8 cm³/mol. The fourth-order valence-corrected chi connectivity index (χ4v) is 1.68. The highest BCUT2D eigenvalue weighted by Crippen LogP contribution is 2.19. The van der Waals surface area contributed by atoms with Gasteiger partial charge in [0.05, 0.1) is 19.3 Å². The first-order chi connectivity index (χ1) is 9.54. The Morgan fingerprint density at radius 2 is 1.85 bits per heavy atom. The zero-order valence-corrected chi connectivity index (χ0v) is 11.7. The zero-order chi connectivity index (χ0) is 15.0. The molecular weight excluding hydrogens is 260 g/mol. The van der Waals surface area contributed by atoms with Crippen LogP contribution in [0, 0.1) is 0 Å². The van der Waals surface area contributed by atoms with Gasteiger partial charge in [-0.2, -0.15) is 0 Å². The maximum absolute atomic E-state index is 12.0. The molecule has 0 saturated carbocycles. The van der Waals surface area contributed by atoms with Gasteiger partial charge >= 0.3 is 5.97 Å². The fourth-order valence-electron chi connectivity index (χ4n) is 1.68. The summed E-state index contributed by atoms with van der Waals surface area (Å²) >= 11 is 0. The Morgan fingerprint density at radius 1 is 1.15 bits per heavy atom. The van der Waals surface area contributed by atoms with Crippen molar-refractivity contribution in [1.29, 1.82) is 0 Å². The standard InChI is InChI=1S/C15H18O5/c1-11(16)10-15(18)20-9-5-7-13(17)12-6-3-4-8-14(12)19-2/h3-4,6,8H,5,7,9-10H2,1-2H3. The molecule has 0 N–H and O–H groups in total.